The van der Waals surface area contributed by atoms with Gasteiger partial charge in [0.25, 0.3) is 5.91 Å². The number of rotatable bonds is 9. The first-order valence-electron chi connectivity index (χ1n) is 8.17. The van der Waals surface area contributed by atoms with Crippen LogP contribution in [0.15, 0.2) is 47.6 Å². The number of nitrogens with zero attached hydrogens (tertiary/aromatic N) is 1. The molecular formula is C19H19ClN2O6. The molecule has 0 aliphatic heterocycles. The Balaban J connectivity index is 1.89. The van der Waals surface area contributed by atoms with E-state index in [-0.39, 0.29) is 12.4 Å². The number of carboxylic acids is 1. The molecule has 0 saturated carbocycles. The van der Waals surface area contributed by atoms with Crippen molar-refractivity contribution in [3.05, 3.63) is 53.1 Å². The molecule has 0 saturated heterocycles. The number of hydrazone groups is 1. The van der Waals surface area contributed by atoms with Crippen LogP contribution in [-0.4, -0.2) is 43.0 Å². The molecule has 0 bridgehead atoms. The number of aliphatic carboxylic acids is 1. The van der Waals surface area contributed by atoms with E-state index in [0.29, 0.717) is 22.1 Å². The normalized spacial score (nSPS) is 11.7. The lowest BCUT2D eigenvalue weighted by molar-refractivity contribution is -0.144. The lowest BCUT2D eigenvalue weighted by atomic mass is 10.2. The van der Waals surface area contributed by atoms with Crippen LogP contribution in [-0.2, 0) is 9.59 Å². The van der Waals surface area contributed by atoms with Crippen molar-refractivity contribution in [2.75, 3.05) is 13.7 Å². The third-order valence-corrected chi connectivity index (χ3v) is 3.68. The minimum atomic E-state index is -1.09. The summed E-state index contributed by atoms with van der Waals surface area (Å²) >= 11 is 5.77. The van der Waals surface area contributed by atoms with Gasteiger partial charge in [-0.1, -0.05) is 11.6 Å². The Morgan fingerprint density at radius 2 is 1.93 bits per heavy atom. The minimum absolute atomic E-state index is 0.206. The van der Waals surface area contributed by atoms with Gasteiger partial charge in [-0.15, -0.1) is 0 Å². The van der Waals surface area contributed by atoms with Crippen molar-refractivity contribution in [3.63, 3.8) is 0 Å². The molecule has 0 aromatic heterocycles. The van der Waals surface area contributed by atoms with Gasteiger partial charge in [0.2, 0.25) is 0 Å². The molecule has 1 atom stereocenters. The quantitative estimate of drug-likeness (QED) is 0.490. The van der Waals surface area contributed by atoms with E-state index in [0.717, 1.165) is 0 Å². The van der Waals surface area contributed by atoms with E-state index < -0.39 is 18.0 Å². The summed E-state index contributed by atoms with van der Waals surface area (Å²) in [6, 6.07) is 11.4. The maximum Gasteiger partial charge on any atom is 0.344 e. The lowest BCUT2D eigenvalue weighted by Gasteiger charge is -2.14. The first-order valence-corrected chi connectivity index (χ1v) is 8.54. The number of amides is 1. The second-order valence-electron chi connectivity index (χ2n) is 5.54. The number of methoxy groups -OCH3 is 1. The Kier molecular flexibility index (Phi) is 7.65. The van der Waals surface area contributed by atoms with E-state index in [1.807, 2.05) is 0 Å². The van der Waals surface area contributed by atoms with Crippen LogP contribution in [0.5, 0.6) is 17.2 Å². The number of benzene rings is 2. The average molecular weight is 407 g/mol. The Morgan fingerprint density at radius 1 is 1.21 bits per heavy atom. The lowest BCUT2D eigenvalue weighted by Crippen LogP contribution is -2.24. The van der Waals surface area contributed by atoms with Crippen LogP contribution in [0, 0.1) is 0 Å². The predicted octanol–water partition coefficient (Wildman–Crippen LogP) is 2.73. The molecule has 148 valence electrons. The summed E-state index contributed by atoms with van der Waals surface area (Å²) in [6.07, 6.45) is 0.390. The third kappa shape index (κ3) is 6.48. The minimum Gasteiger partial charge on any atom is -0.493 e. The molecule has 0 spiro atoms. The summed E-state index contributed by atoms with van der Waals surface area (Å²) in [7, 11) is 1.43. The molecule has 0 unspecified atom stereocenters. The molecule has 0 aliphatic carbocycles. The third-order valence-electron chi connectivity index (χ3n) is 3.43. The summed E-state index contributed by atoms with van der Waals surface area (Å²) in [4.78, 5) is 22.7. The SMILES string of the molecule is COc1cc(/C=N\NC(=O)COc2ccc(Cl)cc2)ccc1O[C@@H](C)C(=O)O. The highest BCUT2D eigenvalue weighted by Crippen LogP contribution is 2.28. The summed E-state index contributed by atoms with van der Waals surface area (Å²) in [5.74, 6) is -0.381. The van der Waals surface area contributed by atoms with Crippen molar-refractivity contribution in [2.45, 2.75) is 13.0 Å². The molecule has 28 heavy (non-hydrogen) atoms. The number of carbonyl (C=O) groups is 2. The average Bonchev–Trinajstić information content (AvgIpc) is 2.68. The summed E-state index contributed by atoms with van der Waals surface area (Å²) < 4.78 is 15.8. The summed E-state index contributed by atoms with van der Waals surface area (Å²) in [6.45, 7) is 1.21. The zero-order chi connectivity index (χ0) is 20.5. The molecule has 8 nitrogen and oxygen atoms in total. The first-order chi connectivity index (χ1) is 13.4. The molecule has 2 aromatic carbocycles. The maximum atomic E-state index is 11.8. The zero-order valence-corrected chi connectivity index (χ0v) is 16.0. The predicted molar refractivity (Wildman–Crippen MR) is 103 cm³/mol. The van der Waals surface area contributed by atoms with E-state index in [4.69, 9.17) is 30.9 Å². The number of carbonyl (C=O) groups excluding carboxylic acids is 1. The fourth-order valence-corrected chi connectivity index (χ4v) is 2.12. The van der Waals surface area contributed by atoms with Crippen LogP contribution >= 0.6 is 11.6 Å². The van der Waals surface area contributed by atoms with E-state index in [9.17, 15) is 9.59 Å². The second-order valence-corrected chi connectivity index (χ2v) is 5.98. The number of carboxylic acid groups (broad SMARTS) is 1. The first kappa shape index (κ1) is 21.0. The highest BCUT2D eigenvalue weighted by atomic mass is 35.5. The Bertz CT molecular complexity index is 854. The number of nitrogens with one attached hydrogen (secondary N) is 1. The van der Waals surface area contributed by atoms with Crippen LogP contribution < -0.4 is 19.6 Å². The molecule has 9 heteroatoms. The maximum absolute atomic E-state index is 11.8. The fraction of sp³-hybridized carbons (Fsp3) is 0.211. The monoisotopic (exact) mass is 406 g/mol. The van der Waals surface area contributed by atoms with Gasteiger partial charge in [0.1, 0.15) is 5.75 Å². The van der Waals surface area contributed by atoms with Crippen LogP contribution in [0.2, 0.25) is 5.02 Å². The molecule has 0 radical (unpaired) electrons. The van der Waals surface area contributed by atoms with Crippen molar-refractivity contribution in [3.8, 4) is 17.2 Å². The van der Waals surface area contributed by atoms with E-state index in [1.54, 1.807) is 42.5 Å². The highest BCUT2D eigenvalue weighted by Gasteiger charge is 2.15. The van der Waals surface area contributed by atoms with Gasteiger partial charge in [-0.05, 0) is 55.0 Å². The molecular weight excluding hydrogens is 388 g/mol. The van der Waals surface area contributed by atoms with Crippen molar-refractivity contribution < 1.29 is 28.9 Å². The molecule has 2 rings (SSSR count). The topological polar surface area (TPSA) is 106 Å². The standard InChI is InChI=1S/C19H19ClN2O6/c1-12(19(24)25)28-16-8-3-13(9-17(16)26-2)10-21-22-18(23)11-27-15-6-4-14(20)5-7-15/h3-10,12H,11H2,1-2H3,(H,22,23)(H,24,25)/b21-10-/t12-/m0/s1. The summed E-state index contributed by atoms with van der Waals surface area (Å²) in [5, 5.41) is 13.3. The van der Waals surface area contributed by atoms with Crippen LogP contribution in [0.1, 0.15) is 12.5 Å². The molecule has 2 aromatic rings. The van der Waals surface area contributed by atoms with Gasteiger partial charge in [-0.25, -0.2) is 10.2 Å². The second kappa shape index (κ2) is 10.2. The number of halogens is 1. The number of hydrogen-bond acceptors (Lipinski definition) is 6. The largest absolute Gasteiger partial charge is 0.493 e. The number of ether oxygens (including phenoxy) is 3. The van der Waals surface area contributed by atoms with E-state index in [1.165, 1.54) is 20.2 Å². The smallest absolute Gasteiger partial charge is 0.344 e. The van der Waals surface area contributed by atoms with Crippen LogP contribution in [0.25, 0.3) is 0 Å². The van der Waals surface area contributed by atoms with Gasteiger partial charge in [0.15, 0.2) is 24.2 Å². The molecule has 1 amide bonds. The van der Waals surface area contributed by atoms with Crippen molar-refractivity contribution >= 4 is 29.7 Å². The fourth-order valence-electron chi connectivity index (χ4n) is 1.99. The molecule has 2 N–H and O–H groups in total. The van der Waals surface area contributed by atoms with Crippen molar-refractivity contribution in [1.82, 2.24) is 5.43 Å². The molecule has 0 fully saturated rings. The Hall–Kier alpha value is -3.26. The molecule has 0 heterocycles. The van der Waals surface area contributed by atoms with Gasteiger partial charge in [-0.3, -0.25) is 4.79 Å². The Morgan fingerprint density at radius 3 is 2.57 bits per heavy atom. The zero-order valence-electron chi connectivity index (χ0n) is 15.2. The van der Waals surface area contributed by atoms with Gasteiger partial charge in [-0.2, -0.15) is 5.10 Å². The van der Waals surface area contributed by atoms with Crippen LogP contribution in [0.4, 0.5) is 0 Å². The van der Waals surface area contributed by atoms with Gasteiger partial charge >= 0.3 is 5.97 Å². The van der Waals surface area contributed by atoms with E-state index >= 15 is 0 Å². The summed E-state index contributed by atoms with van der Waals surface area (Å²) in [5.41, 5.74) is 2.96. The van der Waals surface area contributed by atoms with Gasteiger partial charge in [0, 0.05) is 5.02 Å². The van der Waals surface area contributed by atoms with Gasteiger partial charge in [0.05, 0.1) is 13.3 Å². The molecule has 0 aliphatic rings. The van der Waals surface area contributed by atoms with E-state index in [2.05, 4.69) is 10.5 Å². The number of hydrogen-bond donors (Lipinski definition) is 2. The van der Waals surface area contributed by atoms with Crippen molar-refractivity contribution in [1.29, 1.82) is 0 Å². The van der Waals surface area contributed by atoms with Crippen molar-refractivity contribution in [2.24, 2.45) is 5.10 Å². The highest BCUT2D eigenvalue weighted by molar-refractivity contribution is 6.30. The Labute approximate surface area is 166 Å². The van der Waals surface area contributed by atoms with Gasteiger partial charge < -0.3 is 19.3 Å². The van der Waals surface area contributed by atoms with Crippen LogP contribution in [0.3, 0.4) is 0 Å².